The zero-order valence-corrected chi connectivity index (χ0v) is 70.1. The average molecular weight is 1630 g/mol. The number of benzene rings is 4. The number of aliphatic imine (C=N–C) groups is 3. The Balaban J connectivity index is 1.75. The van der Waals surface area contributed by atoms with Gasteiger partial charge in [-0.15, -0.1) is 0 Å². The first-order valence-corrected chi connectivity index (χ1v) is 44.1. The molecule has 1 unspecified atom stereocenters. The highest BCUT2D eigenvalue weighted by atomic mass is 32.2. The number of amides is 5. The van der Waals surface area contributed by atoms with E-state index in [-0.39, 0.29) is 103 Å². The fourth-order valence-electron chi connectivity index (χ4n) is 11.5. The van der Waals surface area contributed by atoms with Gasteiger partial charge in [0.25, 0.3) is 38.4 Å². The smallest absolute Gasteiger partial charge is 0.408 e. The van der Waals surface area contributed by atoms with Gasteiger partial charge >= 0.3 is 12.1 Å². The first-order valence-electron chi connectivity index (χ1n) is 36.1. The van der Waals surface area contributed by atoms with Gasteiger partial charge in [-0.05, 0) is 184 Å². The minimum atomic E-state index is -4.21. The van der Waals surface area contributed by atoms with Crippen LogP contribution in [0.4, 0.5) is 4.79 Å². The van der Waals surface area contributed by atoms with Crippen LogP contribution in [0.2, 0.25) is 16.1 Å². The van der Waals surface area contributed by atoms with E-state index >= 15 is 4.79 Å². The van der Waals surface area contributed by atoms with E-state index < -0.39 is 154 Å². The van der Waals surface area contributed by atoms with Crippen molar-refractivity contribution in [3.63, 3.8) is 0 Å². The van der Waals surface area contributed by atoms with Gasteiger partial charge in [-0.25, -0.2) is 52.6 Å². The van der Waals surface area contributed by atoms with E-state index in [1.807, 2.05) is 55.4 Å². The molecule has 0 aliphatic rings. The van der Waals surface area contributed by atoms with E-state index in [0.717, 1.165) is 22.3 Å². The van der Waals surface area contributed by atoms with Crippen molar-refractivity contribution in [1.29, 1.82) is 0 Å². The number of nitrogens with one attached hydrogen (secondary N) is 10. The maximum absolute atomic E-state index is 15.1. The molecule has 0 saturated heterocycles. The molecule has 0 saturated carbocycles. The largest absolute Gasteiger partial charge is 0.516 e. The van der Waals surface area contributed by atoms with E-state index in [0.29, 0.717) is 6.04 Å². The fourth-order valence-corrected chi connectivity index (χ4v) is 21.2. The number of aryl methyl sites for hydroxylation is 4. The Kier molecular flexibility index (Phi) is 34.8. The predicted octanol–water partition coefficient (Wildman–Crippen LogP) is 4.63. The van der Waals surface area contributed by atoms with E-state index in [1.54, 1.807) is 97.0 Å². The normalized spacial score (nSPS) is 14.7. The van der Waals surface area contributed by atoms with Gasteiger partial charge < -0.3 is 58.7 Å². The molecule has 612 valence electrons. The SMILES string of the molecule is Cc1ccc(S(=O)(=O)NC(N)=NCCC[C@H](NC(=O)OC(C)(C)C)C(=O)N[C@@H](CCCN=C(N)NS(=O)(=O)c2ccc(C)cc2)C(=O)N[C@@H](CCCNC(N)NS(=O)(=O)c2ccc(C)cc2)C(=O)N[C@@H](C)C(=O)N[C@@H](CCCN=C(N)NS(=O)(=O)c2ccc(C)cc2)C(=O)O[Si](CC(C)C)(C(C)(C)C)C(C)(C)C)cc1. The Hall–Kier alpha value is -8.79. The third-order valence-electron chi connectivity index (χ3n) is 17.2. The van der Waals surface area contributed by atoms with Crippen molar-refractivity contribution in [3.05, 3.63) is 119 Å². The number of alkyl carbamates (subject to hydrolysis) is 1. The number of sulfonamides is 4. The number of guanidine groups is 3. The molecule has 5 amide bonds. The van der Waals surface area contributed by atoms with Crippen molar-refractivity contribution >= 4 is 102 Å². The third kappa shape index (κ3) is 30.8. The maximum Gasteiger partial charge on any atom is 0.408 e. The molecule has 0 radical (unpaired) electrons. The van der Waals surface area contributed by atoms with E-state index in [4.69, 9.17) is 32.1 Å². The van der Waals surface area contributed by atoms with E-state index in [1.165, 1.54) is 55.5 Å². The first-order chi connectivity index (χ1) is 50.8. The molecule has 0 bridgehead atoms. The Morgan fingerprint density at radius 1 is 0.436 bits per heavy atom. The number of nitrogens with two attached hydrogens (primary N) is 4. The third-order valence-corrected chi connectivity index (χ3v) is 29.5. The number of nitrogens with zero attached hydrogens (tertiary/aromatic N) is 3. The molecule has 4 aromatic carbocycles. The Morgan fingerprint density at radius 2 is 0.745 bits per heavy atom. The number of carbonyl (C=O) groups excluding carboxylic acids is 6. The second-order valence-corrected chi connectivity index (χ2v) is 42.5. The summed E-state index contributed by atoms with van der Waals surface area (Å²) in [6.45, 7) is 28.6. The highest BCUT2D eigenvalue weighted by Gasteiger charge is 2.58. The zero-order chi connectivity index (χ0) is 83.0. The molecular weight excluding hydrogens is 1520 g/mol. The average Bonchev–Trinajstić information content (AvgIpc) is 0.749. The summed E-state index contributed by atoms with van der Waals surface area (Å²) in [5.41, 5.74) is 26.5. The quantitative estimate of drug-likeness (QED) is 0.00952. The molecule has 0 aliphatic carbocycles. The van der Waals surface area contributed by atoms with Crippen LogP contribution in [0.3, 0.4) is 0 Å². The summed E-state index contributed by atoms with van der Waals surface area (Å²) in [4.78, 5) is 99.9. The Bertz CT molecular complexity index is 4330. The number of hydrogen-bond acceptors (Lipinski definition) is 21. The Morgan fingerprint density at radius 3 is 1.08 bits per heavy atom. The molecule has 0 fully saturated rings. The molecule has 0 aliphatic heterocycles. The molecular formula is C72H115N17O16S4Si. The van der Waals surface area contributed by atoms with Crippen LogP contribution in [-0.4, -0.2) is 164 Å². The number of ether oxygens (including phenoxy) is 1. The van der Waals surface area contributed by atoms with E-state index in [2.05, 4.69) is 65.8 Å². The van der Waals surface area contributed by atoms with Crippen LogP contribution >= 0.6 is 0 Å². The molecule has 0 spiro atoms. The van der Waals surface area contributed by atoms with Crippen LogP contribution in [0.1, 0.15) is 157 Å². The second kappa shape index (κ2) is 40.9. The lowest BCUT2D eigenvalue weighted by Gasteiger charge is -2.51. The van der Waals surface area contributed by atoms with Crippen LogP contribution in [0, 0.1) is 33.6 Å². The molecule has 0 aromatic heterocycles. The summed E-state index contributed by atoms with van der Waals surface area (Å²) in [7, 11) is -19.9. The molecule has 4 rings (SSSR count). The monoisotopic (exact) mass is 1630 g/mol. The van der Waals surface area contributed by atoms with E-state index in [9.17, 15) is 57.6 Å². The molecule has 0 heterocycles. The van der Waals surface area contributed by atoms with Crippen molar-refractivity contribution in [3.8, 4) is 0 Å². The van der Waals surface area contributed by atoms with Gasteiger partial charge in [-0.3, -0.25) is 44.3 Å². The molecule has 38 heteroatoms. The van der Waals surface area contributed by atoms with Crippen LogP contribution in [-0.2, 0) is 73.2 Å². The number of rotatable bonds is 39. The highest BCUT2D eigenvalue weighted by Crippen LogP contribution is 2.55. The van der Waals surface area contributed by atoms with Crippen LogP contribution < -0.4 is 73.7 Å². The highest BCUT2D eigenvalue weighted by molar-refractivity contribution is 7.90. The van der Waals surface area contributed by atoms with Gasteiger partial charge in [0, 0.05) is 19.6 Å². The topological polar surface area (TPSA) is 519 Å². The van der Waals surface area contributed by atoms with Gasteiger partial charge in [-0.2, -0.15) is 4.72 Å². The standard InChI is InChI=1S/C72H115N17O16S4Si/c1-46(2)45-110(71(11,12)13,72(14,15)16)105-64(94)59(24-20-44-80-68(76)89-109(102,103)55-39-31-50(6)32-40-55)84-60(90)51(7)81-61(91)56(21-17-41-77-65(73)86-106(96,97)52-33-25-47(3)26-34-52)82-62(92)57(22-18-42-78-66(74)87-107(98,99)53-35-27-48(4)28-36-53)83-63(93)58(85-69(95)104-70(8,9)10)23-19-43-79-67(75)88-108(100,101)54-37-29-49(5)30-38-54/h25-40,46,51,56-59,65,77,86H,17-24,41-45,73H2,1-16H3,(H,81,91)(H,82,92)(H,83,93)(H,84,90)(H,85,95)(H3,74,78,87)(H3,75,79,88)(H3,76,80,89)/t51-,56-,57-,58-,59-,65?/m0/s1. The second-order valence-electron chi connectivity index (χ2n) is 30.5. The zero-order valence-electron chi connectivity index (χ0n) is 65.8. The van der Waals surface area contributed by atoms with Gasteiger partial charge in [0.2, 0.25) is 51.5 Å². The Labute approximate surface area is 649 Å². The molecule has 110 heavy (non-hydrogen) atoms. The molecule has 33 nitrogen and oxygen atoms in total. The lowest BCUT2D eigenvalue weighted by molar-refractivity contribution is -0.141. The van der Waals surface area contributed by atoms with Crippen LogP contribution in [0.5, 0.6) is 0 Å². The first kappa shape index (κ1) is 93.6. The molecule has 18 N–H and O–H groups in total. The lowest BCUT2D eigenvalue weighted by atomic mass is 10.1. The minimum Gasteiger partial charge on any atom is -0.516 e. The molecule has 4 aromatic rings. The fraction of sp³-hybridized carbons (Fsp3) is 0.542. The number of hydrogen-bond donors (Lipinski definition) is 14. The summed E-state index contributed by atoms with van der Waals surface area (Å²) >= 11 is 0. The summed E-state index contributed by atoms with van der Waals surface area (Å²) in [6, 6.07) is 16.9. The van der Waals surface area contributed by atoms with Crippen molar-refractivity contribution in [2.75, 3.05) is 26.2 Å². The van der Waals surface area contributed by atoms with Crippen LogP contribution in [0.15, 0.2) is 132 Å². The van der Waals surface area contributed by atoms with Crippen molar-refractivity contribution in [1.82, 2.24) is 50.8 Å². The van der Waals surface area contributed by atoms with Crippen molar-refractivity contribution < 1.29 is 71.6 Å². The minimum absolute atomic E-state index is 0.0370. The van der Waals surface area contributed by atoms with Crippen molar-refractivity contribution in [2.24, 2.45) is 43.8 Å². The van der Waals surface area contributed by atoms with Gasteiger partial charge in [0.1, 0.15) is 42.1 Å². The summed E-state index contributed by atoms with van der Waals surface area (Å²) < 4.78 is 127. The van der Waals surface area contributed by atoms with Gasteiger partial charge in [0.05, 0.1) is 19.6 Å². The summed E-state index contributed by atoms with van der Waals surface area (Å²) in [6.07, 6.45) is -3.49. The molecule has 6 atom stereocenters. The maximum atomic E-state index is 15.1. The summed E-state index contributed by atoms with van der Waals surface area (Å²) in [5.74, 6) is -5.99. The summed E-state index contributed by atoms with van der Waals surface area (Å²) in [5, 5.41) is 15.0. The van der Waals surface area contributed by atoms with Gasteiger partial charge in [0.15, 0.2) is 0 Å². The number of carbonyl (C=O) groups is 6. The van der Waals surface area contributed by atoms with Gasteiger partial charge in [-0.1, -0.05) is 126 Å². The van der Waals surface area contributed by atoms with Crippen molar-refractivity contribution in [2.45, 2.75) is 240 Å². The lowest BCUT2D eigenvalue weighted by Crippen LogP contribution is -2.60. The predicted molar refractivity (Wildman–Crippen MR) is 426 cm³/mol. The van der Waals surface area contributed by atoms with Crippen LogP contribution in [0.25, 0.3) is 0 Å².